The highest BCUT2D eigenvalue weighted by atomic mass is 16.5. The molecule has 0 saturated heterocycles. The van der Waals surface area contributed by atoms with Gasteiger partial charge in [-0.1, -0.05) is 6.07 Å². The number of benzene rings is 1. The zero-order valence-corrected chi connectivity index (χ0v) is 9.25. The number of anilines is 1. The van der Waals surface area contributed by atoms with Crippen molar-refractivity contribution in [2.45, 2.75) is 25.7 Å². The van der Waals surface area contributed by atoms with Crippen molar-refractivity contribution in [2.75, 3.05) is 25.1 Å². The Morgan fingerprint density at radius 3 is 2.73 bits per heavy atom. The Morgan fingerprint density at radius 1 is 1.13 bits per heavy atom. The molecular formula is C13H17NO. The molecule has 15 heavy (non-hydrogen) atoms. The van der Waals surface area contributed by atoms with Crippen molar-refractivity contribution in [3.05, 3.63) is 23.3 Å². The summed E-state index contributed by atoms with van der Waals surface area (Å²) in [5.74, 6) is 1.08. The second-order valence-electron chi connectivity index (χ2n) is 4.45. The quantitative estimate of drug-likeness (QED) is 0.695. The Balaban J connectivity index is 2.18. The van der Waals surface area contributed by atoms with Gasteiger partial charge < -0.3 is 9.64 Å². The van der Waals surface area contributed by atoms with Crippen LogP contribution in [0.2, 0.25) is 0 Å². The van der Waals surface area contributed by atoms with E-state index in [9.17, 15) is 0 Å². The summed E-state index contributed by atoms with van der Waals surface area (Å²) >= 11 is 0. The number of rotatable bonds is 1. The van der Waals surface area contributed by atoms with E-state index in [2.05, 4.69) is 17.0 Å². The molecule has 1 aromatic carbocycles. The summed E-state index contributed by atoms with van der Waals surface area (Å²) in [6.07, 6.45) is 5.00. The van der Waals surface area contributed by atoms with Gasteiger partial charge in [0.1, 0.15) is 5.75 Å². The topological polar surface area (TPSA) is 12.5 Å². The number of methoxy groups -OCH3 is 1. The lowest BCUT2D eigenvalue weighted by Gasteiger charge is -2.37. The van der Waals surface area contributed by atoms with Crippen molar-refractivity contribution in [3.8, 4) is 5.75 Å². The molecule has 0 saturated carbocycles. The van der Waals surface area contributed by atoms with E-state index < -0.39 is 0 Å². The van der Waals surface area contributed by atoms with Crippen LogP contribution in [-0.4, -0.2) is 20.2 Å². The normalized spacial score (nSPS) is 18.6. The van der Waals surface area contributed by atoms with E-state index in [1.165, 1.54) is 55.6 Å². The molecule has 0 aliphatic carbocycles. The van der Waals surface area contributed by atoms with Gasteiger partial charge >= 0.3 is 0 Å². The highest BCUT2D eigenvalue weighted by Crippen LogP contribution is 2.39. The van der Waals surface area contributed by atoms with E-state index in [4.69, 9.17) is 4.74 Å². The minimum absolute atomic E-state index is 1.08. The first-order valence-electron chi connectivity index (χ1n) is 5.84. The average Bonchev–Trinajstić information content (AvgIpc) is 2.30. The number of aryl methyl sites for hydroxylation is 1. The zero-order valence-electron chi connectivity index (χ0n) is 9.25. The molecule has 3 rings (SSSR count). The van der Waals surface area contributed by atoms with Gasteiger partial charge in [-0.25, -0.2) is 0 Å². The Bertz CT molecular complexity index is 384. The Kier molecular flexibility index (Phi) is 2.08. The number of hydrogen-bond donors (Lipinski definition) is 0. The molecule has 0 radical (unpaired) electrons. The largest absolute Gasteiger partial charge is 0.496 e. The lowest BCUT2D eigenvalue weighted by atomic mass is 9.91. The third-order valence-corrected chi connectivity index (χ3v) is 3.59. The molecule has 2 aliphatic rings. The maximum absolute atomic E-state index is 5.46. The van der Waals surface area contributed by atoms with Gasteiger partial charge in [-0.3, -0.25) is 0 Å². The van der Waals surface area contributed by atoms with Gasteiger partial charge in [-0.05, 0) is 37.3 Å². The second kappa shape index (κ2) is 3.44. The summed E-state index contributed by atoms with van der Waals surface area (Å²) in [4.78, 5) is 2.54. The minimum Gasteiger partial charge on any atom is -0.496 e. The van der Waals surface area contributed by atoms with E-state index in [0.717, 1.165) is 5.75 Å². The SMILES string of the molecule is COc1ccc2c3c1CCCN3CCC2. The fourth-order valence-corrected chi connectivity index (χ4v) is 2.94. The molecule has 0 atom stereocenters. The summed E-state index contributed by atoms with van der Waals surface area (Å²) in [6.45, 7) is 2.46. The van der Waals surface area contributed by atoms with Crippen molar-refractivity contribution in [1.82, 2.24) is 0 Å². The fourth-order valence-electron chi connectivity index (χ4n) is 2.94. The van der Waals surface area contributed by atoms with Crippen molar-refractivity contribution in [2.24, 2.45) is 0 Å². The second-order valence-corrected chi connectivity index (χ2v) is 4.45. The molecule has 0 spiro atoms. The molecule has 2 nitrogen and oxygen atoms in total. The summed E-state index contributed by atoms with van der Waals surface area (Å²) in [5, 5.41) is 0. The van der Waals surface area contributed by atoms with Gasteiger partial charge in [0.25, 0.3) is 0 Å². The molecular weight excluding hydrogens is 186 g/mol. The van der Waals surface area contributed by atoms with Crippen molar-refractivity contribution >= 4 is 5.69 Å². The smallest absolute Gasteiger partial charge is 0.124 e. The minimum atomic E-state index is 1.08. The van der Waals surface area contributed by atoms with Crippen LogP contribution in [0.1, 0.15) is 24.0 Å². The first-order chi connectivity index (χ1) is 7.40. The monoisotopic (exact) mass is 203 g/mol. The molecule has 0 bridgehead atoms. The molecule has 1 aromatic rings. The first kappa shape index (κ1) is 9.08. The van der Waals surface area contributed by atoms with Gasteiger partial charge in [-0.15, -0.1) is 0 Å². The van der Waals surface area contributed by atoms with Crippen LogP contribution >= 0.6 is 0 Å². The van der Waals surface area contributed by atoms with Crippen LogP contribution in [0.15, 0.2) is 12.1 Å². The van der Waals surface area contributed by atoms with E-state index in [1.807, 2.05) is 0 Å². The number of ether oxygens (including phenoxy) is 1. The van der Waals surface area contributed by atoms with Crippen LogP contribution in [0.3, 0.4) is 0 Å². The molecule has 0 aromatic heterocycles. The summed E-state index contributed by atoms with van der Waals surface area (Å²) in [5.41, 5.74) is 4.46. The molecule has 2 heteroatoms. The van der Waals surface area contributed by atoms with Crippen LogP contribution in [0, 0.1) is 0 Å². The van der Waals surface area contributed by atoms with E-state index in [-0.39, 0.29) is 0 Å². The lowest BCUT2D eigenvalue weighted by Crippen LogP contribution is -2.34. The highest BCUT2D eigenvalue weighted by molar-refractivity contribution is 5.67. The van der Waals surface area contributed by atoms with Gasteiger partial charge in [0.05, 0.1) is 7.11 Å². The molecule has 0 unspecified atom stereocenters. The predicted octanol–water partition coefficient (Wildman–Crippen LogP) is 2.39. The molecule has 0 N–H and O–H groups in total. The number of hydrogen-bond acceptors (Lipinski definition) is 2. The van der Waals surface area contributed by atoms with Crippen LogP contribution in [0.4, 0.5) is 5.69 Å². The van der Waals surface area contributed by atoms with Gasteiger partial charge in [0.2, 0.25) is 0 Å². The predicted molar refractivity (Wildman–Crippen MR) is 61.8 cm³/mol. The zero-order chi connectivity index (χ0) is 10.3. The Hall–Kier alpha value is -1.18. The van der Waals surface area contributed by atoms with Crippen molar-refractivity contribution in [1.29, 1.82) is 0 Å². The first-order valence-corrected chi connectivity index (χ1v) is 5.84. The third kappa shape index (κ3) is 1.31. The molecule has 0 amide bonds. The third-order valence-electron chi connectivity index (χ3n) is 3.59. The summed E-state index contributed by atoms with van der Waals surface area (Å²) < 4.78 is 5.46. The van der Waals surface area contributed by atoms with E-state index in [1.54, 1.807) is 7.11 Å². The molecule has 80 valence electrons. The Labute approximate surface area is 90.8 Å². The van der Waals surface area contributed by atoms with E-state index in [0.29, 0.717) is 0 Å². The molecule has 2 aliphatic heterocycles. The maximum Gasteiger partial charge on any atom is 0.124 e. The van der Waals surface area contributed by atoms with Crippen LogP contribution in [0.5, 0.6) is 5.75 Å². The standard InChI is InChI=1S/C13H17NO/c1-15-12-7-6-10-4-2-8-14-9-3-5-11(12)13(10)14/h6-7H,2-5,8-9H2,1H3. The average molecular weight is 203 g/mol. The summed E-state index contributed by atoms with van der Waals surface area (Å²) in [7, 11) is 1.78. The fraction of sp³-hybridized carbons (Fsp3) is 0.538. The molecule has 0 fully saturated rings. The lowest BCUT2D eigenvalue weighted by molar-refractivity contribution is 0.407. The van der Waals surface area contributed by atoms with Crippen LogP contribution in [0.25, 0.3) is 0 Å². The van der Waals surface area contributed by atoms with E-state index >= 15 is 0 Å². The Morgan fingerprint density at radius 2 is 1.93 bits per heavy atom. The van der Waals surface area contributed by atoms with Gasteiger partial charge in [0.15, 0.2) is 0 Å². The summed E-state index contributed by atoms with van der Waals surface area (Å²) in [6, 6.07) is 4.39. The van der Waals surface area contributed by atoms with Gasteiger partial charge in [-0.2, -0.15) is 0 Å². The van der Waals surface area contributed by atoms with Crippen LogP contribution in [-0.2, 0) is 12.8 Å². The van der Waals surface area contributed by atoms with Gasteiger partial charge in [0, 0.05) is 24.3 Å². The number of nitrogens with zero attached hydrogens (tertiary/aromatic N) is 1. The molecule has 2 heterocycles. The highest BCUT2D eigenvalue weighted by Gasteiger charge is 2.25. The van der Waals surface area contributed by atoms with Crippen LogP contribution < -0.4 is 9.64 Å². The van der Waals surface area contributed by atoms with Crippen molar-refractivity contribution in [3.63, 3.8) is 0 Å². The maximum atomic E-state index is 5.46. The van der Waals surface area contributed by atoms with Crippen molar-refractivity contribution < 1.29 is 4.74 Å².